The molecule has 0 saturated heterocycles. The Hall–Kier alpha value is -3.24. The number of carbonyl (C=O) groups excluding carboxylic acids is 1. The molecule has 31 heavy (non-hydrogen) atoms. The van der Waals surface area contributed by atoms with Crippen LogP contribution in [0.3, 0.4) is 0 Å². The monoisotopic (exact) mass is 432 g/mol. The summed E-state index contributed by atoms with van der Waals surface area (Å²) >= 11 is 0. The van der Waals surface area contributed by atoms with E-state index < -0.39 is 10.9 Å². The predicted molar refractivity (Wildman–Crippen MR) is 112 cm³/mol. The summed E-state index contributed by atoms with van der Waals surface area (Å²) in [5.41, 5.74) is 0.0744. The standard InChI is InChI=1S/C20H28N6O5/c1-30-20(27)14-21-17-13-16(10-11-18(17)26(28)29)31-12-6-5-9-19-22-23-24-25(19)15-7-3-2-4-8-15/h10-11,13,15,21H,2-9,12,14H2,1H3. The molecular formula is C20H28N6O5. The maximum absolute atomic E-state index is 11.3. The highest BCUT2D eigenvalue weighted by Crippen LogP contribution is 2.29. The summed E-state index contributed by atoms with van der Waals surface area (Å²) in [6, 6.07) is 4.83. The number of nitrogens with zero attached hydrogens (tertiary/aromatic N) is 5. The van der Waals surface area contributed by atoms with Gasteiger partial charge in [0.05, 0.1) is 24.7 Å². The summed E-state index contributed by atoms with van der Waals surface area (Å²) < 4.78 is 12.3. The molecular weight excluding hydrogens is 404 g/mol. The first-order valence-corrected chi connectivity index (χ1v) is 10.6. The molecule has 11 heteroatoms. The number of anilines is 1. The first-order valence-electron chi connectivity index (χ1n) is 10.6. The maximum Gasteiger partial charge on any atom is 0.325 e. The number of nitro benzene ring substituents is 1. The SMILES string of the molecule is COC(=O)CNc1cc(OCCCCc2nnnn2C2CCCCC2)ccc1[N+](=O)[O-]. The number of esters is 1. The second kappa shape index (κ2) is 11.2. The number of carbonyl (C=O) groups is 1. The van der Waals surface area contributed by atoms with Crippen LogP contribution in [-0.4, -0.2) is 51.4 Å². The van der Waals surface area contributed by atoms with Crippen LogP contribution in [0.2, 0.25) is 0 Å². The Balaban J connectivity index is 1.48. The first kappa shape index (κ1) is 22.4. The Bertz CT molecular complexity index is 881. The number of ether oxygens (including phenoxy) is 2. The fraction of sp³-hybridized carbons (Fsp3) is 0.600. The van der Waals surface area contributed by atoms with Crippen molar-refractivity contribution in [1.82, 2.24) is 20.2 Å². The molecule has 2 aromatic rings. The highest BCUT2D eigenvalue weighted by Gasteiger charge is 2.20. The smallest absolute Gasteiger partial charge is 0.325 e. The van der Waals surface area contributed by atoms with Gasteiger partial charge in [-0.2, -0.15) is 0 Å². The molecule has 1 aromatic heterocycles. The molecule has 0 aliphatic heterocycles. The Morgan fingerprint density at radius 3 is 2.84 bits per heavy atom. The van der Waals surface area contributed by atoms with Crippen LogP contribution in [0, 0.1) is 10.1 Å². The molecule has 11 nitrogen and oxygen atoms in total. The topological polar surface area (TPSA) is 134 Å². The largest absolute Gasteiger partial charge is 0.494 e. The maximum atomic E-state index is 11.3. The van der Waals surface area contributed by atoms with Crippen molar-refractivity contribution in [2.75, 3.05) is 25.6 Å². The molecule has 0 atom stereocenters. The minimum atomic E-state index is -0.517. The van der Waals surface area contributed by atoms with Gasteiger partial charge >= 0.3 is 5.97 Å². The van der Waals surface area contributed by atoms with E-state index in [1.807, 2.05) is 4.68 Å². The van der Waals surface area contributed by atoms with Gasteiger partial charge in [0.2, 0.25) is 0 Å². The van der Waals surface area contributed by atoms with E-state index in [0.29, 0.717) is 18.4 Å². The lowest BCUT2D eigenvalue weighted by Crippen LogP contribution is -2.17. The van der Waals surface area contributed by atoms with Crippen LogP contribution in [0.15, 0.2) is 18.2 Å². The van der Waals surface area contributed by atoms with Gasteiger partial charge in [-0.05, 0) is 42.2 Å². The molecule has 3 rings (SSSR count). The number of aromatic nitrogens is 4. The van der Waals surface area contributed by atoms with Crippen molar-refractivity contribution >= 4 is 17.3 Å². The van der Waals surface area contributed by atoms with Crippen LogP contribution in [0.1, 0.15) is 56.8 Å². The number of nitrogens with one attached hydrogen (secondary N) is 1. The van der Waals surface area contributed by atoms with Gasteiger partial charge in [0.25, 0.3) is 5.69 Å². The van der Waals surface area contributed by atoms with Crippen LogP contribution in [-0.2, 0) is 16.0 Å². The summed E-state index contributed by atoms with van der Waals surface area (Å²) in [5, 5.41) is 26.1. The van der Waals surface area contributed by atoms with Gasteiger partial charge < -0.3 is 14.8 Å². The van der Waals surface area contributed by atoms with Crippen LogP contribution >= 0.6 is 0 Å². The predicted octanol–water partition coefficient (Wildman–Crippen LogP) is 3.07. The van der Waals surface area contributed by atoms with E-state index in [4.69, 9.17) is 4.74 Å². The minimum absolute atomic E-state index is 0.134. The third-order valence-electron chi connectivity index (χ3n) is 5.36. The van der Waals surface area contributed by atoms with Crippen LogP contribution in [0.25, 0.3) is 0 Å². The number of rotatable bonds is 11. The van der Waals surface area contributed by atoms with Crippen molar-refractivity contribution in [2.24, 2.45) is 0 Å². The summed E-state index contributed by atoms with van der Waals surface area (Å²) in [4.78, 5) is 22.0. The number of benzene rings is 1. The molecule has 0 bridgehead atoms. The lowest BCUT2D eigenvalue weighted by molar-refractivity contribution is -0.384. The van der Waals surface area contributed by atoms with E-state index in [9.17, 15) is 14.9 Å². The molecule has 1 aromatic carbocycles. The van der Waals surface area contributed by atoms with E-state index in [1.165, 1.54) is 38.5 Å². The van der Waals surface area contributed by atoms with E-state index in [1.54, 1.807) is 6.07 Å². The number of methoxy groups -OCH3 is 1. The molecule has 1 N–H and O–H groups in total. The molecule has 0 amide bonds. The quantitative estimate of drug-likeness (QED) is 0.246. The molecule has 1 aliphatic carbocycles. The van der Waals surface area contributed by atoms with Crippen LogP contribution < -0.4 is 10.1 Å². The highest BCUT2D eigenvalue weighted by atomic mass is 16.6. The second-order valence-electron chi connectivity index (χ2n) is 7.50. The number of tetrazole rings is 1. The first-order chi connectivity index (χ1) is 15.1. The third-order valence-corrected chi connectivity index (χ3v) is 5.36. The fourth-order valence-corrected chi connectivity index (χ4v) is 3.71. The summed E-state index contributed by atoms with van der Waals surface area (Å²) in [6.45, 7) is 0.287. The fourth-order valence-electron chi connectivity index (χ4n) is 3.71. The average Bonchev–Trinajstić information content (AvgIpc) is 3.26. The summed E-state index contributed by atoms with van der Waals surface area (Å²) in [5.74, 6) is 0.887. The van der Waals surface area contributed by atoms with Crippen molar-refractivity contribution in [3.63, 3.8) is 0 Å². The molecule has 1 aliphatic rings. The molecule has 0 spiro atoms. The number of hydrogen-bond donors (Lipinski definition) is 1. The van der Waals surface area contributed by atoms with Gasteiger partial charge in [-0.25, -0.2) is 4.68 Å². The molecule has 1 heterocycles. The molecule has 1 saturated carbocycles. The van der Waals surface area contributed by atoms with Crippen LogP contribution in [0.4, 0.5) is 11.4 Å². The molecule has 1 fully saturated rings. The van der Waals surface area contributed by atoms with E-state index in [-0.39, 0.29) is 17.9 Å². The highest BCUT2D eigenvalue weighted by molar-refractivity contribution is 5.77. The Morgan fingerprint density at radius 1 is 1.29 bits per heavy atom. The van der Waals surface area contributed by atoms with E-state index >= 15 is 0 Å². The zero-order chi connectivity index (χ0) is 22.1. The molecule has 168 valence electrons. The van der Waals surface area contributed by atoms with Gasteiger partial charge in [-0.15, -0.1) is 5.10 Å². The van der Waals surface area contributed by atoms with Crippen molar-refractivity contribution in [3.8, 4) is 5.75 Å². The molecule has 0 unspecified atom stereocenters. The lowest BCUT2D eigenvalue weighted by atomic mass is 9.95. The zero-order valence-corrected chi connectivity index (χ0v) is 17.7. The van der Waals surface area contributed by atoms with Gasteiger partial charge in [0.15, 0.2) is 5.82 Å². The van der Waals surface area contributed by atoms with Gasteiger partial charge in [0.1, 0.15) is 18.0 Å². The number of hydrogen-bond acceptors (Lipinski definition) is 9. The zero-order valence-electron chi connectivity index (χ0n) is 17.7. The van der Waals surface area contributed by atoms with Gasteiger partial charge in [-0.1, -0.05) is 19.3 Å². The number of aryl methyl sites for hydroxylation is 1. The van der Waals surface area contributed by atoms with Crippen molar-refractivity contribution in [1.29, 1.82) is 0 Å². The Labute approximate surface area is 180 Å². The van der Waals surface area contributed by atoms with E-state index in [2.05, 4.69) is 25.6 Å². The average molecular weight is 432 g/mol. The van der Waals surface area contributed by atoms with Crippen molar-refractivity contribution < 1.29 is 19.2 Å². The van der Waals surface area contributed by atoms with Crippen LogP contribution in [0.5, 0.6) is 5.75 Å². The van der Waals surface area contributed by atoms with Gasteiger partial charge in [0, 0.05) is 18.6 Å². The summed E-state index contributed by atoms with van der Waals surface area (Å²) in [7, 11) is 1.26. The molecule has 0 radical (unpaired) electrons. The Kier molecular flexibility index (Phi) is 8.13. The van der Waals surface area contributed by atoms with Crippen molar-refractivity contribution in [2.45, 2.75) is 57.4 Å². The second-order valence-corrected chi connectivity index (χ2v) is 7.50. The number of unbranched alkanes of at least 4 members (excludes halogenated alkanes) is 1. The normalized spacial score (nSPS) is 14.2. The lowest BCUT2D eigenvalue weighted by Gasteiger charge is -2.22. The number of nitro groups is 1. The third kappa shape index (κ3) is 6.37. The van der Waals surface area contributed by atoms with Gasteiger partial charge in [-0.3, -0.25) is 14.9 Å². The van der Waals surface area contributed by atoms with E-state index in [0.717, 1.165) is 37.9 Å². The van der Waals surface area contributed by atoms with Crippen molar-refractivity contribution in [3.05, 3.63) is 34.1 Å². The Morgan fingerprint density at radius 2 is 2.10 bits per heavy atom. The summed E-state index contributed by atoms with van der Waals surface area (Å²) in [6.07, 6.45) is 8.44. The minimum Gasteiger partial charge on any atom is -0.494 e.